The molecule has 0 bridgehead atoms. The summed E-state index contributed by atoms with van der Waals surface area (Å²) in [6.45, 7) is 8.62. The van der Waals surface area contributed by atoms with Gasteiger partial charge in [-0.3, -0.25) is 14.2 Å². The van der Waals surface area contributed by atoms with Crippen LogP contribution in [0.15, 0.2) is 109 Å². The van der Waals surface area contributed by atoms with Crippen LogP contribution in [0.1, 0.15) is 66.6 Å². The van der Waals surface area contributed by atoms with Gasteiger partial charge < -0.3 is 5.32 Å². The normalized spacial score (nSPS) is 11.8. The van der Waals surface area contributed by atoms with Crippen molar-refractivity contribution in [3.63, 3.8) is 0 Å². The quantitative estimate of drug-likeness (QED) is 0.195. The molecule has 0 aliphatic rings. The van der Waals surface area contributed by atoms with Crippen molar-refractivity contribution in [2.24, 2.45) is 0 Å². The molecule has 5 heteroatoms. The molecule has 0 spiro atoms. The number of benzene rings is 4. The van der Waals surface area contributed by atoms with Crippen molar-refractivity contribution in [2.45, 2.75) is 39.5 Å². The SMILES string of the molecule is CC(C)c1ccc(/C=C/C(=O)Nc2cccc(-c3nc4ccccc4n3C(=O)/C=C/c3ccc(C(C)C)cc3)c2)cc1. The number of nitrogens with one attached hydrogen (secondary N) is 1. The van der Waals surface area contributed by atoms with Crippen molar-refractivity contribution in [1.82, 2.24) is 9.55 Å². The molecule has 42 heavy (non-hydrogen) atoms. The zero-order valence-electron chi connectivity index (χ0n) is 24.4. The van der Waals surface area contributed by atoms with E-state index >= 15 is 0 Å². The Morgan fingerprint density at radius 1 is 0.714 bits per heavy atom. The second-order valence-electron chi connectivity index (χ2n) is 11.0. The number of carbonyl (C=O) groups is 2. The Morgan fingerprint density at radius 2 is 1.31 bits per heavy atom. The summed E-state index contributed by atoms with van der Waals surface area (Å²) >= 11 is 0. The first kappa shape index (κ1) is 28.5. The molecule has 0 radical (unpaired) electrons. The maximum Gasteiger partial charge on any atom is 0.256 e. The third-order valence-electron chi connectivity index (χ3n) is 7.22. The Labute approximate surface area is 247 Å². The number of allylic oxidation sites excluding steroid dienone is 1. The second-order valence-corrected chi connectivity index (χ2v) is 11.0. The summed E-state index contributed by atoms with van der Waals surface area (Å²) in [7, 11) is 0. The van der Waals surface area contributed by atoms with Crippen LogP contribution in [-0.2, 0) is 4.79 Å². The lowest BCUT2D eigenvalue weighted by atomic mass is 10.0. The van der Waals surface area contributed by atoms with Gasteiger partial charge in [0.25, 0.3) is 5.91 Å². The van der Waals surface area contributed by atoms with Crippen molar-refractivity contribution in [3.05, 3.63) is 131 Å². The van der Waals surface area contributed by atoms with Crippen LogP contribution in [0.5, 0.6) is 0 Å². The Balaban J connectivity index is 1.38. The van der Waals surface area contributed by atoms with Crippen LogP contribution in [0, 0.1) is 0 Å². The largest absolute Gasteiger partial charge is 0.322 e. The van der Waals surface area contributed by atoms with Gasteiger partial charge in [0.1, 0.15) is 5.82 Å². The van der Waals surface area contributed by atoms with Gasteiger partial charge in [-0.25, -0.2) is 4.98 Å². The first-order chi connectivity index (χ1) is 20.3. The Morgan fingerprint density at radius 3 is 1.93 bits per heavy atom. The van der Waals surface area contributed by atoms with Gasteiger partial charge in [-0.2, -0.15) is 0 Å². The fourth-order valence-corrected chi connectivity index (χ4v) is 4.76. The van der Waals surface area contributed by atoms with Crippen LogP contribution in [0.25, 0.3) is 34.6 Å². The number of para-hydroxylation sites is 2. The topological polar surface area (TPSA) is 64.0 Å². The average Bonchev–Trinajstić information content (AvgIpc) is 3.39. The second kappa shape index (κ2) is 12.6. The Kier molecular flexibility index (Phi) is 8.58. The summed E-state index contributed by atoms with van der Waals surface area (Å²) < 4.78 is 1.62. The predicted octanol–water partition coefficient (Wildman–Crippen LogP) is 8.96. The van der Waals surface area contributed by atoms with Crippen molar-refractivity contribution in [1.29, 1.82) is 0 Å². The zero-order valence-corrected chi connectivity index (χ0v) is 24.4. The van der Waals surface area contributed by atoms with Gasteiger partial charge in [-0.05, 0) is 70.5 Å². The lowest BCUT2D eigenvalue weighted by Crippen LogP contribution is -2.10. The highest BCUT2D eigenvalue weighted by atomic mass is 16.2. The third-order valence-corrected chi connectivity index (χ3v) is 7.22. The van der Waals surface area contributed by atoms with E-state index in [0.29, 0.717) is 23.3 Å². The molecule has 5 aromatic rings. The molecule has 4 aromatic carbocycles. The van der Waals surface area contributed by atoms with Crippen molar-refractivity contribution >= 4 is 40.7 Å². The van der Waals surface area contributed by atoms with E-state index in [1.165, 1.54) is 17.2 Å². The number of anilines is 1. The van der Waals surface area contributed by atoms with Crippen molar-refractivity contribution < 1.29 is 9.59 Å². The van der Waals surface area contributed by atoms with Crippen molar-refractivity contribution in [2.75, 3.05) is 5.32 Å². The van der Waals surface area contributed by atoms with E-state index in [9.17, 15) is 9.59 Å². The number of rotatable bonds is 8. The fourth-order valence-electron chi connectivity index (χ4n) is 4.76. The number of nitrogens with zero attached hydrogens (tertiary/aromatic N) is 2. The minimum absolute atomic E-state index is 0.201. The first-order valence-electron chi connectivity index (χ1n) is 14.3. The van der Waals surface area contributed by atoms with Crippen LogP contribution in [0.3, 0.4) is 0 Å². The molecular formula is C37H35N3O2. The Hall–Kier alpha value is -5.03. The molecule has 0 aliphatic heterocycles. The molecule has 5 nitrogen and oxygen atoms in total. The van der Waals surface area contributed by atoms with Gasteiger partial charge in [-0.15, -0.1) is 0 Å². The molecule has 210 valence electrons. The van der Waals surface area contributed by atoms with Crippen LogP contribution in [0.4, 0.5) is 5.69 Å². The maximum atomic E-state index is 13.6. The molecule has 1 amide bonds. The maximum absolute atomic E-state index is 13.6. The van der Waals surface area contributed by atoms with Crippen LogP contribution in [-0.4, -0.2) is 21.4 Å². The lowest BCUT2D eigenvalue weighted by Gasteiger charge is -2.08. The molecule has 0 unspecified atom stereocenters. The van der Waals surface area contributed by atoms with Gasteiger partial charge in [-0.1, -0.05) is 100 Å². The van der Waals surface area contributed by atoms with Gasteiger partial charge in [0.2, 0.25) is 5.91 Å². The highest BCUT2D eigenvalue weighted by Gasteiger charge is 2.17. The highest BCUT2D eigenvalue weighted by molar-refractivity contribution is 6.04. The summed E-state index contributed by atoms with van der Waals surface area (Å²) in [5.41, 5.74) is 7.20. The number of hydrogen-bond donors (Lipinski definition) is 1. The predicted molar refractivity (Wildman–Crippen MR) is 174 cm³/mol. The summed E-state index contributed by atoms with van der Waals surface area (Å²) in [5.74, 6) is 0.976. The molecule has 1 heterocycles. The minimum Gasteiger partial charge on any atom is -0.322 e. The van der Waals surface area contributed by atoms with Gasteiger partial charge in [0.15, 0.2) is 0 Å². The summed E-state index contributed by atoms with van der Waals surface area (Å²) in [5, 5.41) is 2.93. The van der Waals surface area contributed by atoms with E-state index in [4.69, 9.17) is 4.98 Å². The molecule has 1 N–H and O–H groups in total. The molecule has 1 aromatic heterocycles. The zero-order chi connectivity index (χ0) is 29.6. The number of carbonyl (C=O) groups excluding carboxylic acids is 2. The van der Waals surface area contributed by atoms with E-state index in [-0.39, 0.29) is 11.8 Å². The van der Waals surface area contributed by atoms with Crippen LogP contribution in [0.2, 0.25) is 0 Å². The lowest BCUT2D eigenvalue weighted by molar-refractivity contribution is -0.111. The average molecular weight is 554 g/mol. The minimum atomic E-state index is -0.240. The van der Waals surface area contributed by atoms with E-state index in [1.54, 1.807) is 16.7 Å². The van der Waals surface area contributed by atoms with Gasteiger partial charge >= 0.3 is 0 Å². The number of hydrogen-bond acceptors (Lipinski definition) is 3. The van der Waals surface area contributed by atoms with E-state index < -0.39 is 0 Å². The number of imidazole rings is 1. The third kappa shape index (κ3) is 6.64. The molecule has 0 aliphatic carbocycles. The van der Waals surface area contributed by atoms with Gasteiger partial charge in [0.05, 0.1) is 11.0 Å². The number of aromatic nitrogens is 2. The molecule has 5 rings (SSSR count). The highest BCUT2D eigenvalue weighted by Crippen LogP contribution is 2.27. The summed E-state index contributed by atoms with van der Waals surface area (Å²) in [6, 6.07) is 31.4. The van der Waals surface area contributed by atoms with Gasteiger partial charge in [0, 0.05) is 23.4 Å². The number of amides is 1. The van der Waals surface area contributed by atoms with Crippen LogP contribution >= 0.6 is 0 Å². The molecular weight excluding hydrogens is 518 g/mol. The standard InChI is InChI=1S/C37H35N3O2/c1-25(2)29-18-12-27(13-19-29)16-22-35(41)38-32-9-7-8-31(24-32)37-39-33-10-5-6-11-34(33)40(37)36(42)23-17-28-14-20-30(21-15-28)26(3)4/h5-26H,1-4H3,(H,38,41)/b22-16+,23-17+. The summed E-state index contributed by atoms with van der Waals surface area (Å²) in [6.07, 6.45) is 6.72. The molecule has 0 saturated heterocycles. The monoisotopic (exact) mass is 553 g/mol. The molecule has 0 atom stereocenters. The number of fused-ring (bicyclic) bond motifs is 1. The Bertz CT molecular complexity index is 1770. The van der Waals surface area contributed by atoms with Crippen molar-refractivity contribution in [3.8, 4) is 11.4 Å². The smallest absolute Gasteiger partial charge is 0.256 e. The molecule has 0 fully saturated rings. The molecule has 0 saturated carbocycles. The first-order valence-corrected chi connectivity index (χ1v) is 14.3. The van der Waals surface area contributed by atoms with E-state index in [0.717, 1.165) is 27.7 Å². The summed E-state index contributed by atoms with van der Waals surface area (Å²) in [4.78, 5) is 31.1. The van der Waals surface area contributed by atoms with E-state index in [1.807, 2.05) is 78.9 Å². The fraction of sp³-hybridized carbons (Fsp3) is 0.162. The van der Waals surface area contributed by atoms with Crippen LogP contribution < -0.4 is 5.32 Å². The van der Waals surface area contributed by atoms with E-state index in [2.05, 4.69) is 57.3 Å².